The van der Waals surface area contributed by atoms with Crippen LogP contribution < -0.4 is 11.1 Å². The van der Waals surface area contributed by atoms with Gasteiger partial charge in [-0.1, -0.05) is 13.3 Å². The topological polar surface area (TPSA) is 58.4 Å². The second-order valence-corrected chi connectivity index (χ2v) is 5.64. The van der Waals surface area contributed by atoms with Crippen molar-refractivity contribution in [2.75, 3.05) is 24.1 Å². The molecule has 1 aromatic rings. The second-order valence-electron chi connectivity index (χ2n) is 5.64. The fourth-order valence-corrected chi connectivity index (χ4v) is 2.70. The maximum absolute atomic E-state index is 12.3. The van der Waals surface area contributed by atoms with E-state index in [1.54, 1.807) is 6.07 Å². The molecule has 1 aliphatic rings. The highest BCUT2D eigenvalue weighted by Gasteiger charge is 2.20. The van der Waals surface area contributed by atoms with Crippen molar-refractivity contribution < 1.29 is 4.79 Å². The molecular formula is C16H25N3O. The maximum atomic E-state index is 12.3. The molecule has 0 aromatic heterocycles. The van der Waals surface area contributed by atoms with E-state index in [9.17, 15) is 4.79 Å². The molecule has 1 amide bonds. The molecule has 1 aliphatic heterocycles. The molecular weight excluding hydrogens is 250 g/mol. The lowest BCUT2D eigenvalue weighted by atomic mass is 10.1. The smallest absolute Gasteiger partial charge is 0.253 e. The van der Waals surface area contributed by atoms with E-state index < -0.39 is 0 Å². The van der Waals surface area contributed by atoms with Crippen LogP contribution in [-0.4, -0.2) is 29.9 Å². The zero-order valence-electron chi connectivity index (χ0n) is 12.5. The lowest BCUT2D eigenvalue weighted by Crippen LogP contribution is -2.27. The number of anilines is 2. The minimum absolute atomic E-state index is 0.0994. The van der Waals surface area contributed by atoms with Crippen molar-refractivity contribution in [1.82, 2.24) is 4.90 Å². The van der Waals surface area contributed by atoms with Crippen LogP contribution in [0.15, 0.2) is 18.2 Å². The van der Waals surface area contributed by atoms with Gasteiger partial charge in [0.05, 0.1) is 11.4 Å². The Labute approximate surface area is 121 Å². The number of nitrogen functional groups attached to an aromatic ring is 1. The molecule has 3 N–H and O–H groups in total. The number of nitrogens with zero attached hydrogens (tertiary/aromatic N) is 1. The zero-order chi connectivity index (χ0) is 14.5. The van der Waals surface area contributed by atoms with Gasteiger partial charge in [0.25, 0.3) is 5.91 Å². The summed E-state index contributed by atoms with van der Waals surface area (Å²) >= 11 is 0. The molecule has 1 atom stereocenters. The van der Waals surface area contributed by atoms with E-state index in [1.165, 1.54) is 0 Å². The maximum Gasteiger partial charge on any atom is 0.253 e. The van der Waals surface area contributed by atoms with Crippen molar-refractivity contribution in [1.29, 1.82) is 0 Å². The Morgan fingerprint density at radius 2 is 2.10 bits per heavy atom. The largest absolute Gasteiger partial charge is 0.397 e. The van der Waals surface area contributed by atoms with Gasteiger partial charge in [-0.3, -0.25) is 4.79 Å². The molecule has 0 radical (unpaired) electrons. The number of nitrogens with two attached hydrogens (primary N) is 1. The Balaban J connectivity index is 2.06. The highest BCUT2D eigenvalue weighted by molar-refractivity contribution is 5.96. The van der Waals surface area contributed by atoms with E-state index in [2.05, 4.69) is 19.2 Å². The molecule has 2 rings (SSSR count). The first-order chi connectivity index (χ1) is 9.61. The van der Waals surface area contributed by atoms with Crippen LogP contribution in [0.4, 0.5) is 11.4 Å². The van der Waals surface area contributed by atoms with Crippen molar-refractivity contribution in [3.8, 4) is 0 Å². The van der Waals surface area contributed by atoms with Gasteiger partial charge < -0.3 is 16.0 Å². The number of amides is 1. The fraction of sp³-hybridized carbons (Fsp3) is 0.562. The van der Waals surface area contributed by atoms with E-state index in [1.807, 2.05) is 17.0 Å². The van der Waals surface area contributed by atoms with Gasteiger partial charge in [0.1, 0.15) is 0 Å². The van der Waals surface area contributed by atoms with Gasteiger partial charge in [-0.05, 0) is 44.4 Å². The van der Waals surface area contributed by atoms with Crippen LogP contribution in [0, 0.1) is 0 Å². The van der Waals surface area contributed by atoms with E-state index in [0.29, 0.717) is 17.3 Å². The summed E-state index contributed by atoms with van der Waals surface area (Å²) in [7, 11) is 0. The first-order valence-electron chi connectivity index (χ1n) is 7.57. The number of carbonyl (C=O) groups is 1. The Bertz CT molecular complexity index is 467. The molecule has 1 saturated heterocycles. The van der Waals surface area contributed by atoms with Crippen LogP contribution in [0.2, 0.25) is 0 Å². The van der Waals surface area contributed by atoms with Crippen LogP contribution in [0.1, 0.15) is 49.9 Å². The summed E-state index contributed by atoms with van der Waals surface area (Å²) in [4.78, 5) is 14.2. The highest BCUT2D eigenvalue weighted by atomic mass is 16.2. The summed E-state index contributed by atoms with van der Waals surface area (Å²) in [5.74, 6) is 0.0994. The summed E-state index contributed by atoms with van der Waals surface area (Å²) in [5.41, 5.74) is 8.33. The predicted octanol–water partition coefficient (Wildman–Crippen LogP) is 3.11. The summed E-state index contributed by atoms with van der Waals surface area (Å²) < 4.78 is 0. The summed E-state index contributed by atoms with van der Waals surface area (Å²) in [6.07, 6.45) is 4.46. The van der Waals surface area contributed by atoms with Crippen LogP contribution in [0.25, 0.3) is 0 Å². The first-order valence-corrected chi connectivity index (χ1v) is 7.57. The van der Waals surface area contributed by atoms with E-state index in [0.717, 1.165) is 44.5 Å². The van der Waals surface area contributed by atoms with Gasteiger partial charge in [-0.2, -0.15) is 0 Å². The third kappa shape index (κ3) is 3.44. The molecule has 0 bridgehead atoms. The van der Waals surface area contributed by atoms with E-state index in [-0.39, 0.29) is 5.91 Å². The number of likely N-dealkylation sites (tertiary alicyclic amines) is 1. The highest BCUT2D eigenvalue weighted by Crippen LogP contribution is 2.23. The lowest BCUT2D eigenvalue weighted by Gasteiger charge is -2.18. The summed E-state index contributed by atoms with van der Waals surface area (Å²) in [6, 6.07) is 5.98. The fourth-order valence-electron chi connectivity index (χ4n) is 2.70. The second kappa shape index (κ2) is 6.64. The van der Waals surface area contributed by atoms with Crippen molar-refractivity contribution in [3.63, 3.8) is 0 Å². The molecule has 0 spiro atoms. The lowest BCUT2D eigenvalue weighted by molar-refractivity contribution is 0.0793. The van der Waals surface area contributed by atoms with Crippen LogP contribution in [-0.2, 0) is 0 Å². The Kier molecular flexibility index (Phi) is 4.88. The molecule has 0 unspecified atom stereocenters. The normalized spacial score (nSPS) is 16.2. The molecule has 20 heavy (non-hydrogen) atoms. The van der Waals surface area contributed by atoms with Crippen molar-refractivity contribution in [2.24, 2.45) is 0 Å². The molecule has 4 heteroatoms. The number of benzene rings is 1. The van der Waals surface area contributed by atoms with Gasteiger partial charge in [0, 0.05) is 24.7 Å². The van der Waals surface area contributed by atoms with E-state index >= 15 is 0 Å². The third-order valence-corrected chi connectivity index (χ3v) is 3.82. The molecule has 1 fully saturated rings. The number of nitrogens with one attached hydrogen (secondary N) is 1. The summed E-state index contributed by atoms with van der Waals surface area (Å²) in [5, 5.41) is 3.40. The molecule has 1 aromatic carbocycles. The SMILES string of the molecule is CCC[C@H](C)Nc1ccc(C(=O)N2CCCC2)cc1N. The van der Waals surface area contributed by atoms with Crippen LogP contribution >= 0.6 is 0 Å². The summed E-state index contributed by atoms with van der Waals surface area (Å²) in [6.45, 7) is 6.05. The zero-order valence-corrected chi connectivity index (χ0v) is 12.5. The molecule has 4 nitrogen and oxygen atoms in total. The number of rotatable bonds is 5. The predicted molar refractivity (Wildman–Crippen MR) is 84.0 cm³/mol. The number of hydrogen-bond donors (Lipinski definition) is 2. The minimum Gasteiger partial charge on any atom is -0.397 e. The van der Waals surface area contributed by atoms with Gasteiger partial charge in [-0.25, -0.2) is 0 Å². The number of hydrogen-bond acceptors (Lipinski definition) is 3. The monoisotopic (exact) mass is 275 g/mol. The average molecular weight is 275 g/mol. The molecule has 0 aliphatic carbocycles. The van der Waals surface area contributed by atoms with Crippen molar-refractivity contribution in [3.05, 3.63) is 23.8 Å². The van der Waals surface area contributed by atoms with Crippen LogP contribution in [0.3, 0.4) is 0 Å². The van der Waals surface area contributed by atoms with Gasteiger partial charge in [-0.15, -0.1) is 0 Å². The van der Waals surface area contributed by atoms with Crippen molar-refractivity contribution >= 4 is 17.3 Å². The first kappa shape index (κ1) is 14.7. The molecule has 0 saturated carbocycles. The van der Waals surface area contributed by atoms with Crippen LogP contribution in [0.5, 0.6) is 0 Å². The molecule has 1 heterocycles. The average Bonchev–Trinajstić information content (AvgIpc) is 2.94. The Morgan fingerprint density at radius 1 is 1.40 bits per heavy atom. The van der Waals surface area contributed by atoms with Gasteiger partial charge in [0.2, 0.25) is 0 Å². The van der Waals surface area contributed by atoms with E-state index in [4.69, 9.17) is 5.73 Å². The minimum atomic E-state index is 0.0994. The Hall–Kier alpha value is -1.71. The Morgan fingerprint density at radius 3 is 2.70 bits per heavy atom. The molecule has 110 valence electrons. The van der Waals surface area contributed by atoms with Gasteiger partial charge >= 0.3 is 0 Å². The van der Waals surface area contributed by atoms with Crippen molar-refractivity contribution in [2.45, 2.75) is 45.6 Å². The standard InChI is InChI=1S/C16H25N3O/c1-3-6-12(2)18-15-8-7-13(11-14(15)17)16(20)19-9-4-5-10-19/h7-8,11-12,18H,3-6,9-10,17H2,1-2H3/t12-/m0/s1. The quantitative estimate of drug-likeness (QED) is 0.812. The third-order valence-electron chi connectivity index (χ3n) is 3.82. The van der Waals surface area contributed by atoms with Gasteiger partial charge in [0.15, 0.2) is 0 Å². The number of carbonyl (C=O) groups excluding carboxylic acids is 1.